The van der Waals surface area contributed by atoms with E-state index in [2.05, 4.69) is 79.4 Å². The normalized spacial score (nSPS) is 15.6. The molecule has 0 atom stereocenters. The van der Waals surface area contributed by atoms with Gasteiger partial charge in [0.15, 0.2) is 5.96 Å². The number of rotatable bonds is 5. The molecule has 0 radical (unpaired) electrons. The Kier molecular flexibility index (Phi) is 9.40. The summed E-state index contributed by atoms with van der Waals surface area (Å²) in [5, 5.41) is 8.06. The molecule has 30 heavy (non-hydrogen) atoms. The van der Waals surface area contributed by atoms with E-state index in [0.717, 1.165) is 43.4 Å². The van der Waals surface area contributed by atoms with E-state index in [1.807, 2.05) is 6.20 Å². The molecule has 1 fully saturated rings. The van der Waals surface area contributed by atoms with Crippen molar-refractivity contribution >= 4 is 47.0 Å². The van der Waals surface area contributed by atoms with Crippen molar-refractivity contribution in [3.63, 3.8) is 0 Å². The standard InChI is InChI=1S/C23H35N5S.HI/c1-6-24-22(26-16-21-25-15-17(2)29-21)27-19-11-13-28(14-12-19)20-9-7-18(8-10-20)23(3,4)5;/h7-10,15,19H,6,11-14,16H2,1-5H3,(H2,24,26,27);1H. The van der Waals surface area contributed by atoms with E-state index in [0.29, 0.717) is 12.6 Å². The molecule has 2 N–H and O–H groups in total. The molecular formula is C23H36IN5S. The first-order chi connectivity index (χ1) is 13.8. The van der Waals surface area contributed by atoms with Crippen molar-refractivity contribution in [3.05, 3.63) is 45.9 Å². The summed E-state index contributed by atoms with van der Waals surface area (Å²) in [4.78, 5) is 12.9. The van der Waals surface area contributed by atoms with E-state index < -0.39 is 0 Å². The quantitative estimate of drug-likeness (QED) is 0.315. The van der Waals surface area contributed by atoms with Crippen LogP contribution in [0.1, 0.15) is 56.0 Å². The zero-order valence-corrected chi connectivity index (χ0v) is 22.0. The summed E-state index contributed by atoms with van der Waals surface area (Å²) in [7, 11) is 0. The fraction of sp³-hybridized carbons (Fsp3) is 0.565. The average molecular weight is 542 g/mol. The number of aryl methyl sites for hydroxylation is 1. The number of thiazole rings is 1. The van der Waals surface area contributed by atoms with Crippen LogP contribution in [-0.4, -0.2) is 36.6 Å². The smallest absolute Gasteiger partial charge is 0.191 e. The Hall–Kier alpha value is -1.35. The van der Waals surface area contributed by atoms with Crippen LogP contribution in [0, 0.1) is 6.92 Å². The lowest BCUT2D eigenvalue weighted by atomic mass is 9.87. The number of aliphatic imine (C=N–C) groups is 1. The van der Waals surface area contributed by atoms with Gasteiger partial charge in [-0.15, -0.1) is 35.3 Å². The van der Waals surface area contributed by atoms with Crippen molar-refractivity contribution in [2.24, 2.45) is 4.99 Å². The van der Waals surface area contributed by atoms with Crippen LogP contribution < -0.4 is 15.5 Å². The van der Waals surface area contributed by atoms with Crippen molar-refractivity contribution in [2.45, 2.75) is 65.5 Å². The number of hydrogen-bond acceptors (Lipinski definition) is 4. The Labute approximate surface area is 202 Å². The Morgan fingerprint density at radius 3 is 2.40 bits per heavy atom. The zero-order chi connectivity index (χ0) is 20.9. The molecule has 5 nitrogen and oxygen atoms in total. The van der Waals surface area contributed by atoms with E-state index in [4.69, 9.17) is 4.99 Å². The fourth-order valence-electron chi connectivity index (χ4n) is 3.59. The molecule has 1 aromatic carbocycles. The summed E-state index contributed by atoms with van der Waals surface area (Å²) in [6.07, 6.45) is 4.14. The van der Waals surface area contributed by atoms with Gasteiger partial charge in [-0.3, -0.25) is 0 Å². The fourth-order valence-corrected chi connectivity index (χ4v) is 4.30. The van der Waals surface area contributed by atoms with E-state index in [1.54, 1.807) is 11.3 Å². The van der Waals surface area contributed by atoms with Crippen LogP contribution in [0.2, 0.25) is 0 Å². The number of nitrogens with zero attached hydrogens (tertiary/aromatic N) is 3. The molecular weight excluding hydrogens is 505 g/mol. The lowest BCUT2D eigenvalue weighted by Crippen LogP contribution is -2.48. The van der Waals surface area contributed by atoms with Gasteiger partial charge in [0.05, 0.1) is 6.54 Å². The number of halogens is 1. The number of aromatic nitrogens is 1. The highest BCUT2D eigenvalue weighted by atomic mass is 127. The molecule has 3 rings (SSSR count). The largest absolute Gasteiger partial charge is 0.371 e. The summed E-state index contributed by atoms with van der Waals surface area (Å²) in [6, 6.07) is 9.55. The lowest BCUT2D eigenvalue weighted by molar-refractivity contribution is 0.461. The first kappa shape index (κ1) is 24.9. The molecule has 0 bridgehead atoms. The van der Waals surface area contributed by atoms with Crippen LogP contribution in [-0.2, 0) is 12.0 Å². The maximum atomic E-state index is 4.73. The van der Waals surface area contributed by atoms with Crippen LogP contribution >= 0.6 is 35.3 Å². The van der Waals surface area contributed by atoms with Gasteiger partial charge in [0, 0.05) is 42.4 Å². The second-order valence-corrected chi connectivity index (χ2v) is 10.1. The first-order valence-corrected chi connectivity index (χ1v) is 11.5. The molecule has 0 unspecified atom stereocenters. The molecule has 1 saturated heterocycles. The molecule has 166 valence electrons. The highest BCUT2D eigenvalue weighted by Gasteiger charge is 2.21. The van der Waals surface area contributed by atoms with Crippen LogP contribution in [0.25, 0.3) is 0 Å². The summed E-state index contributed by atoms with van der Waals surface area (Å²) in [5.74, 6) is 0.897. The number of anilines is 1. The van der Waals surface area contributed by atoms with Gasteiger partial charge >= 0.3 is 0 Å². The third-order valence-electron chi connectivity index (χ3n) is 5.32. The van der Waals surface area contributed by atoms with Crippen molar-refractivity contribution in [3.8, 4) is 0 Å². The van der Waals surface area contributed by atoms with Gasteiger partial charge in [0.1, 0.15) is 5.01 Å². The molecule has 2 heterocycles. The second-order valence-electron chi connectivity index (χ2n) is 8.76. The average Bonchev–Trinajstić information content (AvgIpc) is 3.11. The molecule has 2 aromatic rings. The van der Waals surface area contributed by atoms with Crippen LogP contribution in [0.5, 0.6) is 0 Å². The van der Waals surface area contributed by atoms with Crippen molar-refractivity contribution in [1.82, 2.24) is 15.6 Å². The summed E-state index contributed by atoms with van der Waals surface area (Å²) < 4.78 is 0. The van der Waals surface area contributed by atoms with E-state index in [9.17, 15) is 0 Å². The maximum Gasteiger partial charge on any atom is 0.191 e. The highest BCUT2D eigenvalue weighted by Crippen LogP contribution is 2.26. The minimum atomic E-state index is 0. The lowest BCUT2D eigenvalue weighted by Gasteiger charge is -2.35. The number of guanidine groups is 1. The van der Waals surface area contributed by atoms with Crippen molar-refractivity contribution < 1.29 is 0 Å². The Morgan fingerprint density at radius 2 is 1.87 bits per heavy atom. The molecule has 0 spiro atoms. The molecule has 0 aliphatic carbocycles. The van der Waals surface area contributed by atoms with E-state index in [-0.39, 0.29) is 29.4 Å². The molecule has 7 heteroatoms. The highest BCUT2D eigenvalue weighted by molar-refractivity contribution is 14.0. The van der Waals surface area contributed by atoms with Crippen LogP contribution in [0.15, 0.2) is 35.5 Å². The van der Waals surface area contributed by atoms with E-state index >= 15 is 0 Å². The Balaban J connectivity index is 0.00000320. The van der Waals surface area contributed by atoms with Crippen molar-refractivity contribution in [1.29, 1.82) is 0 Å². The minimum Gasteiger partial charge on any atom is -0.371 e. The predicted molar refractivity (Wildman–Crippen MR) is 141 cm³/mol. The van der Waals surface area contributed by atoms with E-state index in [1.165, 1.54) is 16.1 Å². The van der Waals surface area contributed by atoms with Gasteiger partial charge in [0.2, 0.25) is 0 Å². The van der Waals surface area contributed by atoms with Gasteiger partial charge in [0.25, 0.3) is 0 Å². The topological polar surface area (TPSA) is 52.6 Å². The van der Waals surface area contributed by atoms with Gasteiger partial charge < -0.3 is 15.5 Å². The van der Waals surface area contributed by atoms with Crippen LogP contribution in [0.3, 0.4) is 0 Å². The maximum absolute atomic E-state index is 4.73. The first-order valence-electron chi connectivity index (χ1n) is 10.7. The SMILES string of the molecule is CCNC(=NCc1ncc(C)s1)NC1CCN(c2ccc(C(C)(C)C)cc2)CC1.I. The van der Waals surface area contributed by atoms with Gasteiger partial charge in [-0.1, -0.05) is 32.9 Å². The molecule has 0 saturated carbocycles. The zero-order valence-electron chi connectivity index (χ0n) is 18.9. The molecule has 1 aliphatic heterocycles. The third-order valence-corrected chi connectivity index (χ3v) is 6.22. The minimum absolute atomic E-state index is 0. The Bertz CT molecular complexity index is 802. The summed E-state index contributed by atoms with van der Waals surface area (Å²) in [6.45, 7) is 14.6. The third kappa shape index (κ3) is 7.11. The van der Waals surface area contributed by atoms with Gasteiger partial charge in [-0.25, -0.2) is 9.98 Å². The molecule has 1 aliphatic rings. The molecule has 1 aromatic heterocycles. The monoisotopic (exact) mass is 541 g/mol. The number of nitrogens with one attached hydrogen (secondary N) is 2. The number of benzene rings is 1. The van der Waals surface area contributed by atoms with Gasteiger partial charge in [-0.2, -0.15) is 0 Å². The summed E-state index contributed by atoms with van der Waals surface area (Å²) >= 11 is 1.71. The Morgan fingerprint density at radius 1 is 1.20 bits per heavy atom. The summed E-state index contributed by atoms with van der Waals surface area (Å²) in [5.41, 5.74) is 2.92. The molecule has 0 amide bonds. The number of hydrogen-bond donors (Lipinski definition) is 2. The van der Waals surface area contributed by atoms with Crippen molar-refractivity contribution in [2.75, 3.05) is 24.5 Å². The van der Waals surface area contributed by atoms with Crippen LogP contribution in [0.4, 0.5) is 5.69 Å². The predicted octanol–water partition coefficient (Wildman–Crippen LogP) is 5.09. The number of piperidine rings is 1. The second kappa shape index (κ2) is 11.3. The van der Waals surface area contributed by atoms with Gasteiger partial charge in [-0.05, 0) is 49.8 Å².